The van der Waals surface area contributed by atoms with Gasteiger partial charge in [-0.2, -0.15) is 0 Å². The van der Waals surface area contributed by atoms with Crippen LogP contribution in [0.15, 0.2) is 24.3 Å². The van der Waals surface area contributed by atoms with Gasteiger partial charge in [-0.05, 0) is 30.8 Å². The van der Waals surface area contributed by atoms with Gasteiger partial charge in [-0.25, -0.2) is 0 Å². The highest BCUT2D eigenvalue weighted by Gasteiger charge is 2.04. The maximum absolute atomic E-state index is 10.5. The van der Waals surface area contributed by atoms with Gasteiger partial charge in [0.1, 0.15) is 0 Å². The number of rotatable bonds is 8. The van der Waals surface area contributed by atoms with Crippen LogP contribution in [0.3, 0.4) is 0 Å². The summed E-state index contributed by atoms with van der Waals surface area (Å²) in [4.78, 5) is 12.4. The second-order valence-corrected chi connectivity index (χ2v) is 4.00. The molecule has 0 aliphatic rings. The van der Waals surface area contributed by atoms with Crippen molar-refractivity contribution in [1.29, 1.82) is 0 Å². The fraction of sp³-hybridized carbons (Fsp3) is 0.538. The van der Waals surface area contributed by atoms with Crippen LogP contribution in [-0.2, 0) is 11.3 Å². The lowest BCUT2D eigenvalue weighted by Gasteiger charge is -2.17. The van der Waals surface area contributed by atoms with Crippen molar-refractivity contribution in [2.75, 3.05) is 26.2 Å². The van der Waals surface area contributed by atoms with Crippen molar-refractivity contribution in [3.05, 3.63) is 39.9 Å². The SMILES string of the molecule is CCN(CC)CCOCc1ccc([N+](=O)[O-])cc1. The van der Waals surface area contributed by atoms with E-state index in [1.54, 1.807) is 12.1 Å². The summed E-state index contributed by atoms with van der Waals surface area (Å²) in [6, 6.07) is 6.47. The van der Waals surface area contributed by atoms with Crippen LogP contribution in [0.2, 0.25) is 0 Å². The third kappa shape index (κ3) is 4.81. The zero-order chi connectivity index (χ0) is 13.4. The van der Waals surface area contributed by atoms with E-state index >= 15 is 0 Å². The van der Waals surface area contributed by atoms with Crippen molar-refractivity contribution in [3.8, 4) is 0 Å². The van der Waals surface area contributed by atoms with Crippen molar-refractivity contribution in [2.45, 2.75) is 20.5 Å². The van der Waals surface area contributed by atoms with E-state index in [1.165, 1.54) is 12.1 Å². The van der Waals surface area contributed by atoms with E-state index in [-0.39, 0.29) is 5.69 Å². The summed E-state index contributed by atoms with van der Waals surface area (Å²) in [5, 5.41) is 10.5. The van der Waals surface area contributed by atoms with Crippen molar-refractivity contribution in [1.82, 2.24) is 4.90 Å². The average Bonchev–Trinajstić information content (AvgIpc) is 2.39. The Morgan fingerprint density at radius 2 is 1.83 bits per heavy atom. The maximum atomic E-state index is 10.5. The summed E-state index contributed by atoms with van der Waals surface area (Å²) in [6.07, 6.45) is 0. The molecule has 0 spiro atoms. The van der Waals surface area contributed by atoms with Gasteiger partial charge < -0.3 is 9.64 Å². The summed E-state index contributed by atoms with van der Waals surface area (Å²) >= 11 is 0. The Morgan fingerprint density at radius 1 is 1.22 bits per heavy atom. The topological polar surface area (TPSA) is 55.6 Å². The number of non-ortho nitro benzene ring substituents is 1. The largest absolute Gasteiger partial charge is 0.375 e. The molecule has 18 heavy (non-hydrogen) atoms. The van der Waals surface area contributed by atoms with Crippen molar-refractivity contribution >= 4 is 5.69 Å². The van der Waals surface area contributed by atoms with E-state index in [9.17, 15) is 10.1 Å². The number of hydrogen-bond donors (Lipinski definition) is 0. The molecule has 0 atom stereocenters. The zero-order valence-electron chi connectivity index (χ0n) is 11.0. The molecular weight excluding hydrogens is 232 g/mol. The van der Waals surface area contributed by atoms with Gasteiger partial charge in [0.25, 0.3) is 5.69 Å². The number of benzene rings is 1. The highest BCUT2D eigenvalue weighted by molar-refractivity contribution is 5.32. The van der Waals surface area contributed by atoms with Crippen LogP contribution in [0.4, 0.5) is 5.69 Å². The van der Waals surface area contributed by atoms with Gasteiger partial charge in [0.05, 0.1) is 18.1 Å². The molecule has 0 heterocycles. The summed E-state index contributed by atoms with van der Waals surface area (Å²) in [6.45, 7) is 8.40. The van der Waals surface area contributed by atoms with Crippen LogP contribution in [0, 0.1) is 10.1 Å². The van der Waals surface area contributed by atoms with Crippen LogP contribution >= 0.6 is 0 Å². The number of likely N-dealkylation sites (N-methyl/N-ethyl adjacent to an activating group) is 1. The Morgan fingerprint density at radius 3 is 2.33 bits per heavy atom. The lowest BCUT2D eigenvalue weighted by atomic mass is 10.2. The third-order valence-corrected chi connectivity index (χ3v) is 2.86. The molecule has 0 radical (unpaired) electrons. The highest BCUT2D eigenvalue weighted by Crippen LogP contribution is 2.12. The number of nitro benzene ring substituents is 1. The van der Waals surface area contributed by atoms with Gasteiger partial charge in [-0.1, -0.05) is 13.8 Å². The number of ether oxygens (including phenoxy) is 1. The summed E-state index contributed by atoms with van der Waals surface area (Å²) in [5.74, 6) is 0. The molecule has 0 aromatic heterocycles. The number of hydrogen-bond acceptors (Lipinski definition) is 4. The second kappa shape index (κ2) is 7.79. The Balaban J connectivity index is 2.29. The lowest BCUT2D eigenvalue weighted by Crippen LogP contribution is -2.26. The minimum atomic E-state index is -0.398. The molecular formula is C13H20N2O3. The first kappa shape index (κ1) is 14.6. The molecule has 1 aromatic carbocycles. The molecule has 0 fully saturated rings. The first-order valence-electron chi connectivity index (χ1n) is 6.20. The average molecular weight is 252 g/mol. The zero-order valence-corrected chi connectivity index (χ0v) is 11.0. The quantitative estimate of drug-likeness (QED) is 0.405. The molecule has 0 N–H and O–H groups in total. The van der Waals surface area contributed by atoms with Gasteiger partial charge in [-0.3, -0.25) is 10.1 Å². The Bertz CT molecular complexity index is 361. The highest BCUT2D eigenvalue weighted by atomic mass is 16.6. The smallest absolute Gasteiger partial charge is 0.269 e. The van der Waals surface area contributed by atoms with E-state index in [0.29, 0.717) is 13.2 Å². The Kier molecular flexibility index (Phi) is 6.32. The molecule has 5 heteroatoms. The Labute approximate surface area is 108 Å². The monoisotopic (exact) mass is 252 g/mol. The molecule has 0 amide bonds. The maximum Gasteiger partial charge on any atom is 0.269 e. The van der Waals surface area contributed by atoms with E-state index in [1.807, 2.05) is 0 Å². The second-order valence-electron chi connectivity index (χ2n) is 4.00. The first-order chi connectivity index (χ1) is 8.67. The molecule has 0 unspecified atom stereocenters. The fourth-order valence-corrected chi connectivity index (χ4v) is 1.64. The summed E-state index contributed by atoms with van der Waals surface area (Å²) in [5.41, 5.74) is 1.07. The van der Waals surface area contributed by atoms with Crippen molar-refractivity contribution < 1.29 is 9.66 Å². The standard InChI is InChI=1S/C13H20N2O3/c1-3-14(4-2)9-10-18-11-12-5-7-13(8-6-12)15(16)17/h5-8H,3-4,9-11H2,1-2H3. The molecule has 0 saturated carbocycles. The first-order valence-corrected chi connectivity index (χ1v) is 6.20. The van der Waals surface area contributed by atoms with E-state index in [2.05, 4.69) is 18.7 Å². The van der Waals surface area contributed by atoms with Crippen molar-refractivity contribution in [2.24, 2.45) is 0 Å². The van der Waals surface area contributed by atoms with Crippen LogP contribution < -0.4 is 0 Å². The third-order valence-electron chi connectivity index (χ3n) is 2.86. The number of nitro groups is 1. The minimum Gasteiger partial charge on any atom is -0.375 e. The molecule has 1 rings (SSSR count). The number of nitrogens with zero attached hydrogens (tertiary/aromatic N) is 2. The van der Waals surface area contributed by atoms with Gasteiger partial charge in [0.15, 0.2) is 0 Å². The van der Waals surface area contributed by atoms with Crippen LogP contribution in [0.1, 0.15) is 19.4 Å². The van der Waals surface area contributed by atoms with Crippen LogP contribution in [0.25, 0.3) is 0 Å². The molecule has 0 aliphatic carbocycles. The summed E-state index contributed by atoms with van der Waals surface area (Å²) in [7, 11) is 0. The fourth-order valence-electron chi connectivity index (χ4n) is 1.64. The molecule has 5 nitrogen and oxygen atoms in total. The minimum absolute atomic E-state index is 0.113. The van der Waals surface area contributed by atoms with E-state index < -0.39 is 4.92 Å². The van der Waals surface area contributed by atoms with E-state index in [0.717, 1.165) is 25.2 Å². The van der Waals surface area contributed by atoms with Crippen LogP contribution in [-0.4, -0.2) is 36.1 Å². The summed E-state index contributed by atoms with van der Waals surface area (Å²) < 4.78 is 5.54. The van der Waals surface area contributed by atoms with Crippen LogP contribution in [0.5, 0.6) is 0 Å². The predicted molar refractivity (Wildman–Crippen MR) is 70.5 cm³/mol. The molecule has 0 saturated heterocycles. The van der Waals surface area contributed by atoms with Gasteiger partial charge in [-0.15, -0.1) is 0 Å². The van der Waals surface area contributed by atoms with Gasteiger partial charge in [0.2, 0.25) is 0 Å². The van der Waals surface area contributed by atoms with Gasteiger partial charge in [0, 0.05) is 18.7 Å². The normalized spacial score (nSPS) is 10.8. The van der Waals surface area contributed by atoms with E-state index in [4.69, 9.17) is 4.74 Å². The molecule has 1 aromatic rings. The van der Waals surface area contributed by atoms with Crippen molar-refractivity contribution in [3.63, 3.8) is 0 Å². The molecule has 100 valence electrons. The Hall–Kier alpha value is -1.46. The molecule has 0 aliphatic heterocycles. The van der Waals surface area contributed by atoms with Gasteiger partial charge >= 0.3 is 0 Å². The predicted octanol–water partition coefficient (Wildman–Crippen LogP) is 2.45. The molecule has 0 bridgehead atoms. The lowest BCUT2D eigenvalue weighted by molar-refractivity contribution is -0.384.